The monoisotopic (exact) mass is 556 g/mol. The molecule has 1 aliphatic carbocycles. The van der Waals surface area contributed by atoms with Gasteiger partial charge in [-0.3, -0.25) is 4.79 Å². The minimum atomic E-state index is -0.914. The molecule has 0 heterocycles. The van der Waals surface area contributed by atoms with E-state index in [2.05, 4.69) is 34.9 Å². The van der Waals surface area contributed by atoms with Crippen LogP contribution in [0.1, 0.15) is 63.6 Å². The molecule has 0 saturated heterocycles. The molecule has 2 atom stereocenters. The lowest BCUT2D eigenvalue weighted by Gasteiger charge is -2.27. The second kappa shape index (κ2) is 13.0. The molecule has 3 aromatic rings. The van der Waals surface area contributed by atoms with Gasteiger partial charge in [-0.15, -0.1) is 0 Å². The molecule has 41 heavy (non-hydrogen) atoms. The number of carbonyl (C=O) groups is 3. The smallest absolute Gasteiger partial charge is 0.407 e. The van der Waals surface area contributed by atoms with Crippen molar-refractivity contribution in [2.45, 2.75) is 71.1 Å². The second-order valence-corrected chi connectivity index (χ2v) is 11.9. The van der Waals surface area contributed by atoms with Crippen LogP contribution in [0.4, 0.5) is 4.79 Å². The van der Waals surface area contributed by atoms with Crippen molar-refractivity contribution in [3.8, 4) is 11.1 Å². The number of fused-ring (bicyclic) bond motifs is 3. The molecule has 0 aromatic heterocycles. The molecule has 7 nitrogen and oxygen atoms in total. The Morgan fingerprint density at radius 2 is 1.34 bits per heavy atom. The average molecular weight is 557 g/mol. The second-order valence-electron chi connectivity index (χ2n) is 11.9. The maximum Gasteiger partial charge on any atom is 0.407 e. The molecule has 4 rings (SSSR count). The normalized spacial score (nSPS) is 14.0. The van der Waals surface area contributed by atoms with Gasteiger partial charge in [0.15, 0.2) is 0 Å². The molecule has 0 saturated carbocycles. The molecule has 7 heteroatoms. The van der Waals surface area contributed by atoms with Gasteiger partial charge in [0, 0.05) is 12.3 Å². The van der Waals surface area contributed by atoms with Gasteiger partial charge < -0.3 is 20.1 Å². The molecule has 0 fully saturated rings. The van der Waals surface area contributed by atoms with Gasteiger partial charge in [-0.2, -0.15) is 0 Å². The number of hydrogen-bond donors (Lipinski definition) is 2. The number of esters is 1. The van der Waals surface area contributed by atoms with E-state index in [-0.39, 0.29) is 24.9 Å². The molecule has 0 spiro atoms. The topological polar surface area (TPSA) is 93.7 Å². The summed E-state index contributed by atoms with van der Waals surface area (Å²) in [4.78, 5) is 39.6. The highest BCUT2D eigenvalue weighted by molar-refractivity contribution is 5.90. The molecule has 0 radical (unpaired) electrons. The van der Waals surface area contributed by atoms with Crippen LogP contribution in [0.25, 0.3) is 11.1 Å². The van der Waals surface area contributed by atoms with E-state index < -0.39 is 35.7 Å². The van der Waals surface area contributed by atoms with Crippen LogP contribution < -0.4 is 10.6 Å². The molecule has 3 aromatic carbocycles. The van der Waals surface area contributed by atoms with Gasteiger partial charge in [-0.05, 0) is 60.9 Å². The molecule has 1 aliphatic rings. The average Bonchev–Trinajstić information content (AvgIpc) is 3.24. The van der Waals surface area contributed by atoms with Gasteiger partial charge in [-0.1, -0.05) is 92.7 Å². The zero-order valence-corrected chi connectivity index (χ0v) is 24.5. The fraction of sp³-hybridized carbons (Fsp3) is 0.382. The quantitative estimate of drug-likeness (QED) is 0.298. The maximum absolute atomic E-state index is 13.5. The Hall–Kier alpha value is -4.13. The Morgan fingerprint density at radius 3 is 1.90 bits per heavy atom. The van der Waals surface area contributed by atoms with Crippen LogP contribution in [0, 0.1) is 5.92 Å². The van der Waals surface area contributed by atoms with E-state index in [0.29, 0.717) is 6.42 Å². The predicted octanol–water partition coefficient (Wildman–Crippen LogP) is 6.01. The first-order valence-electron chi connectivity index (χ1n) is 14.2. The van der Waals surface area contributed by atoms with Crippen molar-refractivity contribution in [2.24, 2.45) is 5.92 Å². The minimum Gasteiger partial charge on any atom is -0.458 e. The number of alkyl carbamates (subject to hydrolysis) is 1. The molecule has 0 bridgehead atoms. The summed E-state index contributed by atoms with van der Waals surface area (Å²) in [5.41, 5.74) is 4.67. The standard InChI is InChI=1S/C34H40N2O5/c1-22(2)19-29(31(37)35-30(32(38)41-34(3,4)5)20-23-13-7-6-8-14-23)36-33(39)40-21-28-26-17-11-9-15-24(26)25-16-10-12-18-27(25)28/h6-18,22,28-30H,19-21H2,1-5H3,(H,35,37)(H,36,39)/t29-,30-/m0/s1. The number of ether oxygens (including phenoxy) is 2. The first-order chi connectivity index (χ1) is 19.5. The number of carbonyl (C=O) groups excluding carboxylic acids is 3. The highest BCUT2D eigenvalue weighted by Crippen LogP contribution is 2.44. The van der Waals surface area contributed by atoms with Gasteiger partial charge in [-0.25, -0.2) is 9.59 Å². The summed E-state index contributed by atoms with van der Waals surface area (Å²) in [6.45, 7) is 9.43. The lowest BCUT2D eigenvalue weighted by molar-refractivity contribution is -0.158. The van der Waals surface area contributed by atoms with Crippen molar-refractivity contribution >= 4 is 18.0 Å². The van der Waals surface area contributed by atoms with E-state index in [1.54, 1.807) is 20.8 Å². The van der Waals surface area contributed by atoms with Crippen LogP contribution in [0.15, 0.2) is 78.9 Å². The lowest BCUT2D eigenvalue weighted by atomic mass is 9.98. The van der Waals surface area contributed by atoms with Crippen molar-refractivity contribution in [1.29, 1.82) is 0 Å². The number of amides is 2. The van der Waals surface area contributed by atoms with Gasteiger partial charge in [0.05, 0.1) is 0 Å². The maximum atomic E-state index is 13.5. The number of hydrogen-bond acceptors (Lipinski definition) is 5. The van der Waals surface area contributed by atoms with Crippen LogP contribution in [0.5, 0.6) is 0 Å². The lowest BCUT2D eigenvalue weighted by Crippen LogP contribution is -2.53. The van der Waals surface area contributed by atoms with E-state index in [1.807, 2.05) is 68.4 Å². The molecular formula is C34H40N2O5. The summed E-state index contributed by atoms with van der Waals surface area (Å²) in [6.07, 6.45) is -0.0342. The Kier molecular flexibility index (Phi) is 9.48. The summed E-state index contributed by atoms with van der Waals surface area (Å²) < 4.78 is 11.3. The van der Waals surface area contributed by atoms with Crippen molar-refractivity contribution < 1.29 is 23.9 Å². The Bertz CT molecular complexity index is 1320. The van der Waals surface area contributed by atoms with E-state index in [9.17, 15) is 14.4 Å². The molecule has 2 N–H and O–H groups in total. The molecule has 216 valence electrons. The Morgan fingerprint density at radius 1 is 0.780 bits per heavy atom. The fourth-order valence-corrected chi connectivity index (χ4v) is 5.17. The zero-order valence-electron chi connectivity index (χ0n) is 24.5. The zero-order chi connectivity index (χ0) is 29.6. The number of rotatable bonds is 10. The Labute approximate surface area is 242 Å². The third-order valence-electron chi connectivity index (χ3n) is 6.95. The summed E-state index contributed by atoms with van der Waals surface area (Å²) >= 11 is 0. The molecule has 2 amide bonds. The Balaban J connectivity index is 1.44. The van der Waals surface area contributed by atoms with Crippen molar-refractivity contribution in [3.63, 3.8) is 0 Å². The van der Waals surface area contributed by atoms with Crippen LogP contribution in [-0.4, -0.2) is 42.3 Å². The summed E-state index contributed by atoms with van der Waals surface area (Å²) in [7, 11) is 0. The molecular weight excluding hydrogens is 516 g/mol. The summed E-state index contributed by atoms with van der Waals surface area (Å²) in [6, 6.07) is 23.9. The van der Waals surface area contributed by atoms with Gasteiger partial charge in [0.1, 0.15) is 24.3 Å². The number of nitrogens with one attached hydrogen (secondary N) is 2. The van der Waals surface area contributed by atoms with Gasteiger partial charge in [0.25, 0.3) is 0 Å². The minimum absolute atomic E-state index is 0.0899. The third kappa shape index (κ3) is 7.97. The predicted molar refractivity (Wildman–Crippen MR) is 159 cm³/mol. The van der Waals surface area contributed by atoms with Crippen LogP contribution in [0.2, 0.25) is 0 Å². The molecule has 0 unspecified atom stereocenters. The molecule has 0 aliphatic heterocycles. The van der Waals surface area contributed by atoms with Crippen molar-refractivity contribution in [1.82, 2.24) is 10.6 Å². The van der Waals surface area contributed by atoms with E-state index >= 15 is 0 Å². The first-order valence-corrected chi connectivity index (χ1v) is 14.2. The van der Waals surface area contributed by atoms with Crippen LogP contribution in [-0.2, 0) is 25.5 Å². The van der Waals surface area contributed by atoms with E-state index in [0.717, 1.165) is 27.8 Å². The van der Waals surface area contributed by atoms with Crippen molar-refractivity contribution in [3.05, 3.63) is 95.6 Å². The van der Waals surface area contributed by atoms with Crippen molar-refractivity contribution in [2.75, 3.05) is 6.61 Å². The van der Waals surface area contributed by atoms with Gasteiger partial charge >= 0.3 is 12.1 Å². The van der Waals surface area contributed by atoms with Crippen LogP contribution >= 0.6 is 0 Å². The van der Waals surface area contributed by atoms with E-state index in [4.69, 9.17) is 9.47 Å². The summed E-state index contributed by atoms with van der Waals surface area (Å²) in [5.74, 6) is -0.972. The number of benzene rings is 3. The fourth-order valence-electron chi connectivity index (χ4n) is 5.17. The third-order valence-corrected chi connectivity index (χ3v) is 6.95. The SMILES string of the molecule is CC(C)C[C@H](NC(=O)OCC1c2ccccc2-c2ccccc21)C(=O)N[C@@H](Cc1ccccc1)C(=O)OC(C)(C)C. The van der Waals surface area contributed by atoms with Crippen LogP contribution in [0.3, 0.4) is 0 Å². The van der Waals surface area contributed by atoms with Gasteiger partial charge in [0.2, 0.25) is 5.91 Å². The summed E-state index contributed by atoms with van der Waals surface area (Å²) in [5, 5.41) is 5.59. The largest absolute Gasteiger partial charge is 0.458 e. The first kappa shape index (κ1) is 29.8. The highest BCUT2D eigenvalue weighted by Gasteiger charge is 2.32. The van der Waals surface area contributed by atoms with E-state index in [1.165, 1.54) is 0 Å². The highest BCUT2D eigenvalue weighted by atomic mass is 16.6.